The molecule has 0 saturated carbocycles. The number of benzene rings is 1. The van der Waals surface area contributed by atoms with Crippen molar-refractivity contribution in [2.75, 3.05) is 26.2 Å². The fourth-order valence-corrected chi connectivity index (χ4v) is 6.91. The molecular formula is C38H53N5O7. The predicted octanol–water partition coefficient (Wildman–Crippen LogP) is 5.96. The SMILES string of the molecule is CC(C)C(C(=O)N1C[C@H](O)C[C@H]1C(=O)C[C@@H](C)c1ccc(-c2ccnn2C)cc1)c1cc(OCC2(C)CCN(C(=O)OC(C)(C)C)CC2)no1. The molecule has 1 N–H and O–H groups in total. The molecule has 2 saturated heterocycles. The Balaban J connectivity index is 1.19. The number of ether oxygens (including phenoxy) is 2. The lowest BCUT2D eigenvalue weighted by molar-refractivity contribution is -0.140. The molecule has 1 aromatic carbocycles. The van der Waals surface area contributed by atoms with Gasteiger partial charge in [0, 0.05) is 57.2 Å². The van der Waals surface area contributed by atoms with Crippen molar-refractivity contribution >= 4 is 17.8 Å². The first kappa shape index (κ1) is 37.1. The highest BCUT2D eigenvalue weighted by molar-refractivity contribution is 5.92. The Kier molecular flexibility index (Phi) is 11.1. The number of likely N-dealkylation sites (tertiary alicyclic amines) is 2. The maximum atomic E-state index is 14.1. The van der Waals surface area contributed by atoms with Gasteiger partial charge in [0.2, 0.25) is 5.91 Å². The first-order valence-electron chi connectivity index (χ1n) is 17.7. The fourth-order valence-electron chi connectivity index (χ4n) is 6.91. The Hall–Kier alpha value is -4.19. The van der Waals surface area contributed by atoms with Crippen LogP contribution < -0.4 is 4.74 Å². The quantitative estimate of drug-likeness (QED) is 0.258. The summed E-state index contributed by atoms with van der Waals surface area (Å²) in [5.41, 5.74) is 2.35. The van der Waals surface area contributed by atoms with Gasteiger partial charge in [-0.2, -0.15) is 5.10 Å². The number of rotatable bonds is 11. The number of aliphatic hydroxyl groups excluding tert-OH is 1. The Labute approximate surface area is 295 Å². The van der Waals surface area contributed by atoms with Gasteiger partial charge in [-0.05, 0) is 67.8 Å². The number of ketones is 1. The fraction of sp³-hybridized carbons (Fsp3) is 0.605. The van der Waals surface area contributed by atoms with Crippen LogP contribution in [0.2, 0.25) is 0 Å². The van der Waals surface area contributed by atoms with E-state index in [-0.39, 0.29) is 60.3 Å². The van der Waals surface area contributed by atoms with Gasteiger partial charge in [-0.3, -0.25) is 14.3 Å². The number of hydrogen-bond donors (Lipinski definition) is 1. The van der Waals surface area contributed by atoms with Crippen LogP contribution >= 0.6 is 0 Å². The number of aryl methyl sites for hydroxylation is 1. The number of carbonyl (C=O) groups is 3. The highest BCUT2D eigenvalue weighted by atomic mass is 16.6. The second-order valence-electron chi connectivity index (χ2n) is 15.8. The van der Waals surface area contributed by atoms with E-state index in [9.17, 15) is 19.5 Å². The number of carbonyl (C=O) groups excluding carboxylic acids is 3. The van der Waals surface area contributed by atoms with Crippen LogP contribution in [0.3, 0.4) is 0 Å². The lowest BCUT2D eigenvalue weighted by Gasteiger charge is -2.39. The molecule has 0 spiro atoms. The van der Waals surface area contributed by atoms with E-state index in [1.807, 2.05) is 83.6 Å². The number of Topliss-reactive ketones (excluding diaryl/α,β-unsaturated/α-hetero) is 1. The van der Waals surface area contributed by atoms with Crippen LogP contribution in [0.15, 0.2) is 47.1 Å². The molecule has 12 nitrogen and oxygen atoms in total. The highest BCUT2D eigenvalue weighted by Gasteiger charge is 2.43. The van der Waals surface area contributed by atoms with Crippen molar-refractivity contribution in [2.45, 2.75) is 104 Å². The maximum Gasteiger partial charge on any atom is 0.410 e. The molecule has 2 aromatic heterocycles. The minimum absolute atomic E-state index is 0.0703. The van der Waals surface area contributed by atoms with Gasteiger partial charge in [-0.25, -0.2) is 4.79 Å². The van der Waals surface area contributed by atoms with Gasteiger partial charge in [-0.15, -0.1) is 0 Å². The summed E-state index contributed by atoms with van der Waals surface area (Å²) in [6.07, 6.45) is 2.60. The zero-order valence-corrected chi connectivity index (χ0v) is 30.7. The van der Waals surface area contributed by atoms with Crippen LogP contribution in [0.25, 0.3) is 11.3 Å². The molecule has 4 heterocycles. The first-order valence-corrected chi connectivity index (χ1v) is 17.7. The number of aliphatic hydroxyl groups is 1. The van der Waals surface area contributed by atoms with Crippen LogP contribution in [0.4, 0.5) is 4.79 Å². The molecule has 3 aromatic rings. The number of hydrogen-bond acceptors (Lipinski definition) is 9. The van der Waals surface area contributed by atoms with Gasteiger partial charge in [0.15, 0.2) is 11.5 Å². The molecule has 1 unspecified atom stereocenters. The molecule has 0 aliphatic carbocycles. The summed E-state index contributed by atoms with van der Waals surface area (Å²) in [4.78, 5) is 43.6. The monoisotopic (exact) mass is 691 g/mol. The van der Waals surface area contributed by atoms with Crippen LogP contribution in [-0.2, 0) is 21.4 Å². The molecule has 2 amide bonds. The van der Waals surface area contributed by atoms with Crippen molar-refractivity contribution in [2.24, 2.45) is 18.4 Å². The third-order valence-corrected chi connectivity index (χ3v) is 9.97. The number of piperidine rings is 1. The van der Waals surface area contributed by atoms with Crippen LogP contribution in [0, 0.1) is 11.3 Å². The summed E-state index contributed by atoms with van der Waals surface area (Å²) in [5, 5.41) is 19.0. The normalized spacial score (nSPS) is 20.5. The number of aromatic nitrogens is 3. The molecule has 2 fully saturated rings. The lowest BCUT2D eigenvalue weighted by Crippen LogP contribution is -2.46. The molecular weight excluding hydrogens is 638 g/mol. The van der Waals surface area contributed by atoms with Crippen LogP contribution in [0.5, 0.6) is 5.88 Å². The predicted molar refractivity (Wildman–Crippen MR) is 188 cm³/mol. The average Bonchev–Trinajstić information content (AvgIpc) is 3.79. The number of amides is 2. The topological polar surface area (TPSA) is 140 Å². The summed E-state index contributed by atoms with van der Waals surface area (Å²) in [6.45, 7) is 15.1. The summed E-state index contributed by atoms with van der Waals surface area (Å²) in [6, 6.07) is 11.0. The van der Waals surface area contributed by atoms with Crippen molar-refractivity contribution in [1.82, 2.24) is 24.7 Å². The third kappa shape index (κ3) is 8.75. The number of nitrogens with zero attached hydrogens (tertiary/aromatic N) is 5. The van der Waals surface area contributed by atoms with Crippen molar-refractivity contribution in [3.05, 3.63) is 53.9 Å². The summed E-state index contributed by atoms with van der Waals surface area (Å²) < 4.78 is 19.1. The molecule has 2 aliphatic heterocycles. The minimum Gasteiger partial charge on any atom is -0.475 e. The van der Waals surface area contributed by atoms with E-state index < -0.39 is 23.7 Å². The van der Waals surface area contributed by atoms with E-state index in [4.69, 9.17) is 14.0 Å². The second-order valence-corrected chi connectivity index (χ2v) is 15.8. The van der Waals surface area contributed by atoms with E-state index in [1.165, 1.54) is 4.90 Å². The smallest absolute Gasteiger partial charge is 0.410 e. The van der Waals surface area contributed by atoms with E-state index in [1.54, 1.807) is 17.2 Å². The van der Waals surface area contributed by atoms with Crippen LogP contribution in [0.1, 0.15) is 97.3 Å². The molecule has 0 radical (unpaired) electrons. The van der Waals surface area contributed by atoms with Crippen molar-refractivity contribution < 1.29 is 33.5 Å². The molecule has 4 atom stereocenters. The van der Waals surface area contributed by atoms with Gasteiger partial charge in [-0.1, -0.05) is 52.0 Å². The second kappa shape index (κ2) is 15.0. The number of β-amino-alcohol motifs (C(OH)–C–C–N with tert-alkyl or cyclic N) is 1. The molecule has 0 bridgehead atoms. The lowest BCUT2D eigenvalue weighted by atomic mass is 9.81. The Morgan fingerprint density at radius 3 is 2.36 bits per heavy atom. The van der Waals surface area contributed by atoms with Gasteiger partial charge in [0.05, 0.1) is 24.4 Å². The van der Waals surface area contributed by atoms with Crippen molar-refractivity contribution in [1.29, 1.82) is 0 Å². The summed E-state index contributed by atoms with van der Waals surface area (Å²) in [5.74, 6) is -0.640. The highest BCUT2D eigenvalue weighted by Crippen LogP contribution is 2.36. The molecule has 2 aliphatic rings. The molecule has 50 heavy (non-hydrogen) atoms. The zero-order valence-electron chi connectivity index (χ0n) is 30.7. The standard InChI is InChI=1S/C38H53N5O7/c1-24(2)34(32-21-33(40-50-32)48-23-38(7)14-17-42(18-15-38)36(47)49-37(4,5)6)35(46)43-22-28(44)20-30(43)31(45)19-25(3)26-9-11-27(12-10-26)29-13-16-39-41(29)8/h9-13,16,21,24-25,28,30,34,44H,14-15,17-20,22-23H2,1-8H3/t25-,28-,30+,34?/m1/s1. The van der Waals surface area contributed by atoms with Crippen LogP contribution in [-0.4, -0.2) is 91.6 Å². The Morgan fingerprint density at radius 2 is 1.76 bits per heavy atom. The van der Waals surface area contributed by atoms with E-state index in [0.29, 0.717) is 25.5 Å². The molecule has 12 heteroatoms. The van der Waals surface area contributed by atoms with Crippen molar-refractivity contribution in [3.63, 3.8) is 0 Å². The van der Waals surface area contributed by atoms with E-state index >= 15 is 0 Å². The zero-order chi connectivity index (χ0) is 36.4. The molecule has 272 valence electrons. The minimum atomic E-state index is -0.787. The Morgan fingerprint density at radius 1 is 1.08 bits per heavy atom. The van der Waals surface area contributed by atoms with Gasteiger partial charge < -0.3 is 28.9 Å². The first-order chi connectivity index (χ1) is 23.5. The largest absolute Gasteiger partial charge is 0.475 e. The third-order valence-electron chi connectivity index (χ3n) is 9.97. The summed E-state index contributed by atoms with van der Waals surface area (Å²) >= 11 is 0. The van der Waals surface area contributed by atoms with Gasteiger partial charge >= 0.3 is 6.09 Å². The van der Waals surface area contributed by atoms with Crippen molar-refractivity contribution in [3.8, 4) is 17.1 Å². The Bertz CT molecular complexity index is 1630. The summed E-state index contributed by atoms with van der Waals surface area (Å²) in [7, 11) is 1.90. The molecule has 5 rings (SSSR count). The van der Waals surface area contributed by atoms with Gasteiger partial charge in [0.1, 0.15) is 11.5 Å². The van der Waals surface area contributed by atoms with E-state index in [2.05, 4.69) is 17.2 Å². The maximum absolute atomic E-state index is 14.1. The van der Waals surface area contributed by atoms with E-state index in [0.717, 1.165) is 29.7 Å². The average molecular weight is 692 g/mol. The van der Waals surface area contributed by atoms with Gasteiger partial charge in [0.25, 0.3) is 5.88 Å².